The number of amides is 2. The molecule has 0 saturated heterocycles. The molecule has 2 N–H and O–H groups in total. The summed E-state index contributed by atoms with van der Waals surface area (Å²) in [6, 6.07) is 11.0. The number of hydrazine groups is 1. The molecule has 0 fully saturated rings. The molecule has 0 unspecified atom stereocenters. The lowest BCUT2D eigenvalue weighted by molar-refractivity contribution is -0.123. The maximum Gasteiger partial charge on any atom is 0.279 e. The van der Waals surface area contributed by atoms with Gasteiger partial charge in [-0.2, -0.15) is 0 Å². The minimum Gasteiger partial charge on any atom is -0.484 e. The van der Waals surface area contributed by atoms with Crippen LogP contribution in [0.5, 0.6) is 5.75 Å². The molecule has 0 aliphatic carbocycles. The Balaban J connectivity index is 1.77. The average Bonchev–Trinajstić information content (AvgIpc) is 2.97. The molecule has 0 aliphatic rings. The second-order valence-electron chi connectivity index (χ2n) is 4.40. The molecule has 2 amide bonds. The van der Waals surface area contributed by atoms with Gasteiger partial charge >= 0.3 is 0 Å². The Morgan fingerprint density at radius 1 is 1.23 bits per heavy atom. The number of benzene rings is 1. The van der Waals surface area contributed by atoms with Crippen LogP contribution in [0.2, 0.25) is 0 Å². The van der Waals surface area contributed by atoms with E-state index in [4.69, 9.17) is 4.74 Å². The number of halogens is 1. The molecule has 1 aromatic carbocycles. The maximum absolute atomic E-state index is 11.7. The summed E-state index contributed by atoms with van der Waals surface area (Å²) in [7, 11) is 0. The molecule has 1 heterocycles. The van der Waals surface area contributed by atoms with E-state index in [1.165, 1.54) is 11.3 Å². The van der Waals surface area contributed by atoms with Gasteiger partial charge in [0.15, 0.2) is 6.61 Å². The first kappa shape index (κ1) is 16.5. The van der Waals surface area contributed by atoms with Crippen LogP contribution >= 0.6 is 27.3 Å². The van der Waals surface area contributed by atoms with E-state index in [0.717, 1.165) is 15.8 Å². The van der Waals surface area contributed by atoms with Crippen LogP contribution in [0.1, 0.15) is 22.2 Å². The molecule has 22 heavy (non-hydrogen) atoms. The van der Waals surface area contributed by atoms with Crippen LogP contribution in [0, 0.1) is 0 Å². The van der Waals surface area contributed by atoms with Gasteiger partial charge in [0.25, 0.3) is 11.8 Å². The van der Waals surface area contributed by atoms with Gasteiger partial charge < -0.3 is 4.74 Å². The van der Waals surface area contributed by atoms with Crippen molar-refractivity contribution in [2.75, 3.05) is 6.61 Å². The minimum atomic E-state index is -0.425. The molecule has 116 valence electrons. The van der Waals surface area contributed by atoms with E-state index >= 15 is 0 Å². The van der Waals surface area contributed by atoms with Crippen molar-refractivity contribution in [3.63, 3.8) is 0 Å². The largest absolute Gasteiger partial charge is 0.484 e. The topological polar surface area (TPSA) is 67.4 Å². The Morgan fingerprint density at radius 2 is 2.05 bits per heavy atom. The van der Waals surface area contributed by atoms with Crippen molar-refractivity contribution in [3.05, 3.63) is 50.6 Å². The van der Waals surface area contributed by atoms with Gasteiger partial charge in [-0.3, -0.25) is 20.4 Å². The Labute approximate surface area is 140 Å². The Hall–Kier alpha value is -1.86. The lowest BCUT2D eigenvalue weighted by Gasteiger charge is -2.09. The van der Waals surface area contributed by atoms with Crippen molar-refractivity contribution in [2.45, 2.75) is 13.3 Å². The first-order valence-electron chi connectivity index (χ1n) is 6.64. The number of hydrogen-bond acceptors (Lipinski definition) is 4. The molecule has 2 aromatic rings. The highest BCUT2D eigenvalue weighted by Crippen LogP contribution is 2.21. The fraction of sp³-hybridized carbons (Fsp3) is 0.200. The molecule has 0 spiro atoms. The number of aryl methyl sites for hydroxylation is 1. The molecule has 5 nitrogen and oxygen atoms in total. The van der Waals surface area contributed by atoms with E-state index in [9.17, 15) is 9.59 Å². The molecule has 0 radical (unpaired) electrons. The van der Waals surface area contributed by atoms with Crippen molar-refractivity contribution in [2.24, 2.45) is 0 Å². The van der Waals surface area contributed by atoms with Crippen LogP contribution in [0.25, 0.3) is 0 Å². The summed E-state index contributed by atoms with van der Waals surface area (Å²) >= 11 is 4.56. The third-order valence-corrected chi connectivity index (χ3v) is 4.41. The van der Waals surface area contributed by atoms with Crippen LogP contribution in [0.4, 0.5) is 0 Å². The molecule has 0 aliphatic heterocycles. The number of hydrogen-bond donors (Lipinski definition) is 2. The van der Waals surface area contributed by atoms with Crippen molar-refractivity contribution in [1.29, 1.82) is 0 Å². The van der Waals surface area contributed by atoms with Gasteiger partial charge in [-0.15, -0.1) is 11.3 Å². The summed E-state index contributed by atoms with van der Waals surface area (Å²) in [6.07, 6.45) is 0.899. The predicted octanol–water partition coefficient (Wildman–Crippen LogP) is 2.91. The second kappa shape index (κ2) is 7.95. The van der Waals surface area contributed by atoms with Crippen LogP contribution in [0.3, 0.4) is 0 Å². The van der Waals surface area contributed by atoms with E-state index in [1.807, 2.05) is 25.1 Å². The summed E-state index contributed by atoms with van der Waals surface area (Å²) in [6.45, 7) is 1.88. The van der Waals surface area contributed by atoms with Crippen LogP contribution in [-0.2, 0) is 11.2 Å². The summed E-state index contributed by atoms with van der Waals surface area (Å²) in [5.74, 6) is -0.161. The van der Waals surface area contributed by atoms with Crippen molar-refractivity contribution < 1.29 is 14.3 Å². The summed E-state index contributed by atoms with van der Waals surface area (Å²) in [4.78, 5) is 23.9. The van der Waals surface area contributed by atoms with Gasteiger partial charge in [0, 0.05) is 0 Å². The molecular weight excluding hydrogens is 368 g/mol. The van der Waals surface area contributed by atoms with Gasteiger partial charge in [0.2, 0.25) is 0 Å². The highest BCUT2D eigenvalue weighted by molar-refractivity contribution is 9.11. The molecule has 0 atom stereocenters. The third kappa shape index (κ3) is 4.85. The molecule has 2 rings (SSSR count). The van der Waals surface area contributed by atoms with Gasteiger partial charge in [-0.05, 0) is 52.2 Å². The zero-order valence-corrected chi connectivity index (χ0v) is 14.3. The Morgan fingerprint density at radius 3 is 2.73 bits per heavy atom. The lowest BCUT2D eigenvalue weighted by atomic mass is 10.2. The fourth-order valence-corrected chi connectivity index (χ4v) is 2.95. The lowest BCUT2D eigenvalue weighted by Crippen LogP contribution is -2.43. The number of thiophene rings is 1. The maximum atomic E-state index is 11.7. The number of carbonyl (C=O) groups excluding carboxylic acids is 2. The number of carbonyl (C=O) groups is 2. The summed E-state index contributed by atoms with van der Waals surface area (Å²) in [5, 5.41) is 0. The van der Waals surface area contributed by atoms with Crippen LogP contribution < -0.4 is 15.6 Å². The van der Waals surface area contributed by atoms with E-state index < -0.39 is 5.91 Å². The number of nitrogens with one attached hydrogen (secondary N) is 2. The molecule has 7 heteroatoms. The molecule has 0 bridgehead atoms. The average molecular weight is 383 g/mol. The fourth-order valence-electron chi connectivity index (χ4n) is 1.66. The molecule has 1 aromatic heterocycles. The normalized spacial score (nSPS) is 10.1. The quantitative estimate of drug-likeness (QED) is 0.781. The predicted molar refractivity (Wildman–Crippen MR) is 88.9 cm³/mol. The first-order valence-corrected chi connectivity index (χ1v) is 8.25. The van der Waals surface area contributed by atoms with Gasteiger partial charge in [0.05, 0.1) is 8.66 Å². The summed E-state index contributed by atoms with van der Waals surface area (Å²) in [5.41, 5.74) is 5.79. The zero-order chi connectivity index (χ0) is 15.9. The van der Waals surface area contributed by atoms with Crippen LogP contribution in [-0.4, -0.2) is 18.4 Å². The molecule has 0 saturated carbocycles. The highest BCUT2D eigenvalue weighted by atomic mass is 79.9. The van der Waals surface area contributed by atoms with E-state index in [2.05, 4.69) is 26.8 Å². The van der Waals surface area contributed by atoms with Gasteiger partial charge in [0.1, 0.15) is 5.75 Å². The zero-order valence-electron chi connectivity index (χ0n) is 11.9. The van der Waals surface area contributed by atoms with E-state index in [1.54, 1.807) is 18.2 Å². The first-order chi connectivity index (χ1) is 10.6. The SMILES string of the molecule is CCc1cccc(OCC(=O)NNC(=O)c2ccc(Br)s2)c1. The summed E-state index contributed by atoms with van der Waals surface area (Å²) < 4.78 is 6.23. The van der Waals surface area contributed by atoms with Gasteiger partial charge in [-0.1, -0.05) is 19.1 Å². The Bertz CT molecular complexity index is 672. The van der Waals surface area contributed by atoms with Gasteiger partial charge in [-0.25, -0.2) is 0 Å². The molecular formula is C15H15BrN2O3S. The standard InChI is InChI=1S/C15H15BrN2O3S/c1-2-10-4-3-5-11(8-10)21-9-14(19)17-18-15(20)12-6-7-13(16)22-12/h3-8H,2,9H2,1H3,(H,17,19)(H,18,20). The Kier molecular flexibility index (Phi) is 5.97. The highest BCUT2D eigenvalue weighted by Gasteiger charge is 2.10. The monoisotopic (exact) mass is 382 g/mol. The van der Waals surface area contributed by atoms with Crippen LogP contribution in [0.15, 0.2) is 40.2 Å². The van der Waals surface area contributed by atoms with Crippen molar-refractivity contribution in [1.82, 2.24) is 10.9 Å². The third-order valence-electron chi connectivity index (χ3n) is 2.79. The van der Waals surface area contributed by atoms with Crippen molar-refractivity contribution >= 4 is 39.1 Å². The van der Waals surface area contributed by atoms with E-state index in [-0.39, 0.29) is 12.5 Å². The second-order valence-corrected chi connectivity index (χ2v) is 6.86. The smallest absolute Gasteiger partial charge is 0.279 e. The van der Waals surface area contributed by atoms with Crippen molar-refractivity contribution in [3.8, 4) is 5.75 Å². The van der Waals surface area contributed by atoms with E-state index in [0.29, 0.717) is 10.6 Å². The minimum absolute atomic E-state index is 0.165. The number of rotatable bonds is 5. The number of ether oxygens (including phenoxy) is 1.